The van der Waals surface area contributed by atoms with Gasteiger partial charge in [0, 0.05) is 37.4 Å². The fourth-order valence-electron chi connectivity index (χ4n) is 3.40. The fraction of sp³-hybridized carbons (Fsp3) is 0.273. The molecule has 0 saturated carbocycles. The Morgan fingerprint density at radius 2 is 1.64 bits per heavy atom. The summed E-state index contributed by atoms with van der Waals surface area (Å²) in [6, 6.07) is 17.6. The van der Waals surface area contributed by atoms with Gasteiger partial charge in [-0.3, -0.25) is 4.79 Å². The van der Waals surface area contributed by atoms with Crippen LogP contribution in [0, 0.1) is 0 Å². The highest BCUT2D eigenvalue weighted by Gasteiger charge is 2.24. The molecule has 2 heterocycles. The van der Waals surface area contributed by atoms with Crippen molar-refractivity contribution in [3.8, 4) is 5.75 Å². The van der Waals surface area contributed by atoms with Gasteiger partial charge in [-0.15, -0.1) is 0 Å². The fourth-order valence-corrected chi connectivity index (χ4v) is 3.40. The van der Waals surface area contributed by atoms with Crippen LogP contribution in [0.4, 0.5) is 5.69 Å². The topological polar surface area (TPSA) is 59.1 Å². The second-order valence-electron chi connectivity index (χ2n) is 6.78. The van der Waals surface area contributed by atoms with Crippen molar-refractivity contribution in [2.75, 3.05) is 44.3 Å². The average Bonchev–Trinajstić information content (AvgIpc) is 2.77. The van der Waals surface area contributed by atoms with Gasteiger partial charge >= 0.3 is 5.97 Å². The molecule has 28 heavy (non-hydrogen) atoms. The standard InChI is InChI=1S/C22H22N2O4/c25-21(24-12-10-23(11-13-24)19-7-2-1-3-8-19)16-28-22(26)18-14-17-6-4-5-9-20(17)27-15-18/h1-9,14H,10-13,15-16H2. The number of piperazine rings is 1. The Morgan fingerprint density at radius 1 is 0.929 bits per heavy atom. The van der Waals surface area contributed by atoms with Crippen LogP contribution in [0.1, 0.15) is 5.56 Å². The number of hydrogen-bond donors (Lipinski definition) is 0. The lowest BCUT2D eigenvalue weighted by molar-refractivity contribution is -0.149. The maximum Gasteiger partial charge on any atom is 0.338 e. The molecule has 1 amide bonds. The normalized spacial score (nSPS) is 15.9. The Labute approximate surface area is 164 Å². The van der Waals surface area contributed by atoms with Gasteiger partial charge in [0.2, 0.25) is 0 Å². The smallest absolute Gasteiger partial charge is 0.338 e. The molecule has 144 valence electrons. The number of carbonyl (C=O) groups is 2. The third-order valence-electron chi connectivity index (χ3n) is 4.97. The zero-order valence-corrected chi connectivity index (χ0v) is 15.5. The summed E-state index contributed by atoms with van der Waals surface area (Å²) in [5.74, 6) is 0.0657. The number of rotatable bonds is 4. The number of anilines is 1. The van der Waals surface area contributed by atoms with Crippen molar-refractivity contribution in [1.82, 2.24) is 4.90 Å². The van der Waals surface area contributed by atoms with Crippen molar-refractivity contribution in [1.29, 1.82) is 0 Å². The number of nitrogens with zero attached hydrogens (tertiary/aromatic N) is 2. The molecule has 6 heteroatoms. The zero-order valence-electron chi connectivity index (χ0n) is 15.5. The second-order valence-corrected chi connectivity index (χ2v) is 6.78. The molecule has 0 bridgehead atoms. The van der Waals surface area contributed by atoms with E-state index in [1.54, 1.807) is 11.0 Å². The molecule has 0 N–H and O–H groups in total. The van der Waals surface area contributed by atoms with Crippen LogP contribution in [0.3, 0.4) is 0 Å². The van der Waals surface area contributed by atoms with E-state index in [4.69, 9.17) is 9.47 Å². The number of esters is 1. The van der Waals surface area contributed by atoms with Gasteiger partial charge in [-0.25, -0.2) is 4.79 Å². The average molecular weight is 378 g/mol. The summed E-state index contributed by atoms with van der Waals surface area (Å²) in [6.07, 6.45) is 1.75. The molecule has 0 aliphatic carbocycles. The SMILES string of the molecule is O=C(OCC(=O)N1CCN(c2ccccc2)CC1)C1=Cc2ccccc2OC1. The van der Waals surface area contributed by atoms with Crippen LogP contribution in [0.15, 0.2) is 60.2 Å². The molecule has 0 unspecified atom stereocenters. The van der Waals surface area contributed by atoms with E-state index < -0.39 is 5.97 Å². The number of hydrogen-bond acceptors (Lipinski definition) is 5. The molecular formula is C22H22N2O4. The predicted molar refractivity (Wildman–Crippen MR) is 106 cm³/mol. The molecule has 0 radical (unpaired) electrons. The number of ether oxygens (including phenoxy) is 2. The summed E-state index contributed by atoms with van der Waals surface area (Å²) in [5.41, 5.74) is 2.41. The highest BCUT2D eigenvalue weighted by molar-refractivity contribution is 5.96. The lowest BCUT2D eigenvalue weighted by Gasteiger charge is -2.36. The molecule has 2 aliphatic heterocycles. The van der Waals surface area contributed by atoms with Crippen molar-refractivity contribution in [2.45, 2.75) is 0 Å². The monoisotopic (exact) mass is 378 g/mol. The van der Waals surface area contributed by atoms with Crippen LogP contribution in [0.25, 0.3) is 6.08 Å². The van der Waals surface area contributed by atoms with Crippen LogP contribution in [0.2, 0.25) is 0 Å². The number of amides is 1. The largest absolute Gasteiger partial charge is 0.488 e. The molecule has 1 fully saturated rings. The Balaban J connectivity index is 1.27. The van der Waals surface area contributed by atoms with Gasteiger partial charge in [0.25, 0.3) is 5.91 Å². The van der Waals surface area contributed by atoms with Crippen molar-refractivity contribution in [3.05, 3.63) is 65.7 Å². The summed E-state index contributed by atoms with van der Waals surface area (Å²) >= 11 is 0. The number of fused-ring (bicyclic) bond motifs is 1. The molecule has 0 aromatic heterocycles. The highest BCUT2D eigenvalue weighted by Crippen LogP contribution is 2.26. The molecule has 0 spiro atoms. The van der Waals surface area contributed by atoms with Gasteiger partial charge in [0.1, 0.15) is 12.4 Å². The first-order chi connectivity index (χ1) is 13.7. The summed E-state index contributed by atoms with van der Waals surface area (Å²) in [6.45, 7) is 2.66. The first-order valence-corrected chi connectivity index (χ1v) is 9.38. The molecule has 0 atom stereocenters. The van der Waals surface area contributed by atoms with Crippen molar-refractivity contribution >= 4 is 23.6 Å². The van der Waals surface area contributed by atoms with Crippen molar-refractivity contribution in [2.24, 2.45) is 0 Å². The van der Waals surface area contributed by atoms with Gasteiger partial charge in [-0.05, 0) is 24.3 Å². The molecule has 2 aliphatic rings. The summed E-state index contributed by atoms with van der Waals surface area (Å²) in [7, 11) is 0. The van der Waals surface area contributed by atoms with E-state index in [0.29, 0.717) is 18.7 Å². The molecule has 1 saturated heterocycles. The second kappa shape index (κ2) is 8.17. The van der Waals surface area contributed by atoms with E-state index in [1.807, 2.05) is 42.5 Å². The van der Waals surface area contributed by atoms with E-state index in [1.165, 1.54) is 0 Å². The van der Waals surface area contributed by atoms with Gasteiger partial charge in [-0.1, -0.05) is 36.4 Å². The van der Waals surface area contributed by atoms with Gasteiger partial charge < -0.3 is 19.3 Å². The Kier molecular flexibility index (Phi) is 5.28. The van der Waals surface area contributed by atoms with E-state index >= 15 is 0 Å². The van der Waals surface area contributed by atoms with E-state index in [2.05, 4.69) is 17.0 Å². The van der Waals surface area contributed by atoms with Gasteiger partial charge in [0.05, 0.1) is 5.57 Å². The van der Waals surface area contributed by atoms with Crippen LogP contribution in [-0.4, -0.2) is 56.2 Å². The van der Waals surface area contributed by atoms with Crippen molar-refractivity contribution < 1.29 is 19.1 Å². The minimum absolute atomic E-state index is 0.153. The van der Waals surface area contributed by atoms with Crippen LogP contribution in [0.5, 0.6) is 5.75 Å². The third-order valence-corrected chi connectivity index (χ3v) is 4.97. The van der Waals surface area contributed by atoms with Crippen molar-refractivity contribution in [3.63, 3.8) is 0 Å². The van der Waals surface area contributed by atoms with E-state index in [9.17, 15) is 9.59 Å². The lowest BCUT2D eigenvalue weighted by Crippen LogP contribution is -2.50. The minimum atomic E-state index is -0.509. The van der Waals surface area contributed by atoms with Crippen LogP contribution >= 0.6 is 0 Å². The number of carbonyl (C=O) groups excluding carboxylic acids is 2. The Bertz CT molecular complexity index is 886. The molecule has 2 aromatic rings. The van der Waals surface area contributed by atoms with E-state index in [0.717, 1.165) is 30.1 Å². The Morgan fingerprint density at radius 3 is 2.43 bits per heavy atom. The summed E-state index contributed by atoms with van der Waals surface area (Å²) in [4.78, 5) is 28.7. The van der Waals surface area contributed by atoms with Crippen LogP contribution in [-0.2, 0) is 14.3 Å². The lowest BCUT2D eigenvalue weighted by atomic mass is 10.1. The molecular weight excluding hydrogens is 356 g/mol. The van der Waals surface area contributed by atoms with Gasteiger partial charge in [-0.2, -0.15) is 0 Å². The third kappa shape index (κ3) is 4.01. The molecule has 6 nitrogen and oxygen atoms in total. The molecule has 4 rings (SSSR count). The number of para-hydroxylation sites is 2. The van der Waals surface area contributed by atoms with Crippen LogP contribution < -0.4 is 9.64 Å². The highest BCUT2D eigenvalue weighted by atomic mass is 16.5. The first-order valence-electron chi connectivity index (χ1n) is 9.38. The predicted octanol–water partition coefficient (Wildman–Crippen LogP) is 2.35. The Hall–Kier alpha value is -3.28. The minimum Gasteiger partial charge on any atom is -0.488 e. The molecule has 2 aromatic carbocycles. The van der Waals surface area contributed by atoms with E-state index in [-0.39, 0.29) is 19.1 Å². The maximum atomic E-state index is 12.4. The first kappa shape index (κ1) is 18.1. The quantitative estimate of drug-likeness (QED) is 0.765. The summed E-state index contributed by atoms with van der Waals surface area (Å²) < 4.78 is 10.8. The number of benzene rings is 2. The van der Waals surface area contributed by atoms with Gasteiger partial charge in [0.15, 0.2) is 6.61 Å². The summed E-state index contributed by atoms with van der Waals surface area (Å²) in [5, 5.41) is 0. The zero-order chi connectivity index (χ0) is 19.3. The maximum absolute atomic E-state index is 12.4.